The van der Waals surface area contributed by atoms with Crippen LogP contribution in [0, 0.1) is 11.6 Å². The summed E-state index contributed by atoms with van der Waals surface area (Å²) in [4.78, 5) is 17.1. The molecule has 1 N–H and O–H groups in total. The lowest BCUT2D eigenvalue weighted by molar-refractivity contribution is 0.102. The van der Waals surface area contributed by atoms with Gasteiger partial charge in [0.1, 0.15) is 11.6 Å². The molecule has 7 nitrogen and oxygen atoms in total. The number of anilines is 1. The number of halogens is 2. The summed E-state index contributed by atoms with van der Waals surface area (Å²) in [6.45, 7) is 0. The Balaban J connectivity index is 1.54. The molecule has 0 atom stereocenters. The van der Waals surface area contributed by atoms with Crippen LogP contribution in [-0.4, -0.2) is 30.5 Å². The summed E-state index contributed by atoms with van der Waals surface area (Å²) >= 11 is 0. The van der Waals surface area contributed by atoms with Crippen LogP contribution in [-0.2, 0) is 0 Å². The fourth-order valence-corrected chi connectivity index (χ4v) is 3.39. The van der Waals surface area contributed by atoms with Gasteiger partial charge in [0.2, 0.25) is 5.95 Å². The molecule has 2 aromatic heterocycles. The number of hydrogen-bond acceptors (Lipinski definition) is 4. The van der Waals surface area contributed by atoms with Crippen molar-refractivity contribution in [3.05, 3.63) is 66.0 Å². The first kappa shape index (κ1) is 17.5. The molecule has 1 saturated carbocycles. The number of rotatable bonds is 4. The number of carbonyl (C=O) groups excluding carboxylic acids is 1. The van der Waals surface area contributed by atoms with Gasteiger partial charge < -0.3 is 0 Å². The Morgan fingerprint density at radius 1 is 1.14 bits per heavy atom. The lowest BCUT2D eigenvalue weighted by Crippen LogP contribution is -2.18. The Labute approximate surface area is 164 Å². The van der Waals surface area contributed by atoms with E-state index in [2.05, 4.69) is 20.6 Å². The molecule has 5 rings (SSSR count). The van der Waals surface area contributed by atoms with E-state index in [1.165, 1.54) is 10.6 Å². The molecule has 146 valence electrons. The van der Waals surface area contributed by atoms with Crippen molar-refractivity contribution in [3.63, 3.8) is 0 Å². The average molecular weight is 394 g/mol. The van der Waals surface area contributed by atoms with E-state index in [-0.39, 0.29) is 23.4 Å². The fourth-order valence-electron chi connectivity index (χ4n) is 3.39. The fraction of sp³-hybridized carbons (Fsp3) is 0.200. The first-order valence-electron chi connectivity index (χ1n) is 9.26. The molecule has 1 fully saturated rings. The molecule has 0 bridgehead atoms. The lowest BCUT2D eigenvalue weighted by atomic mass is 9.93. The van der Waals surface area contributed by atoms with Gasteiger partial charge in [0.15, 0.2) is 5.69 Å². The van der Waals surface area contributed by atoms with E-state index in [0.29, 0.717) is 11.0 Å². The van der Waals surface area contributed by atoms with Crippen LogP contribution in [0.3, 0.4) is 0 Å². The number of amides is 1. The number of carbonyl (C=O) groups is 1. The molecule has 0 aliphatic heterocycles. The highest BCUT2D eigenvalue weighted by Gasteiger charge is 2.23. The molecular weight excluding hydrogens is 378 g/mol. The number of hydrogen-bond donors (Lipinski definition) is 1. The van der Waals surface area contributed by atoms with Crippen molar-refractivity contribution in [1.82, 2.24) is 24.5 Å². The van der Waals surface area contributed by atoms with Gasteiger partial charge in [-0.25, -0.2) is 18.4 Å². The van der Waals surface area contributed by atoms with Gasteiger partial charge in [-0.05, 0) is 43.5 Å². The smallest absolute Gasteiger partial charge is 0.280 e. The van der Waals surface area contributed by atoms with E-state index in [0.717, 1.165) is 31.4 Å². The second-order valence-corrected chi connectivity index (χ2v) is 6.98. The van der Waals surface area contributed by atoms with E-state index in [4.69, 9.17) is 0 Å². The quantitative estimate of drug-likeness (QED) is 0.570. The molecule has 1 aliphatic carbocycles. The van der Waals surface area contributed by atoms with E-state index in [1.54, 1.807) is 35.1 Å². The Morgan fingerprint density at radius 2 is 1.97 bits per heavy atom. The average Bonchev–Trinajstić information content (AvgIpc) is 3.26. The maximum atomic E-state index is 14.5. The van der Waals surface area contributed by atoms with Crippen LogP contribution in [0.15, 0.2) is 48.7 Å². The van der Waals surface area contributed by atoms with Crippen LogP contribution >= 0.6 is 0 Å². The van der Waals surface area contributed by atoms with Gasteiger partial charge in [-0.2, -0.15) is 0 Å². The minimum absolute atomic E-state index is 0.0773. The highest BCUT2D eigenvalue weighted by Crippen LogP contribution is 2.31. The molecule has 1 aliphatic rings. The highest BCUT2D eigenvalue weighted by atomic mass is 19.1. The molecule has 2 aromatic carbocycles. The predicted octanol–water partition coefficient (Wildman–Crippen LogP) is 3.87. The topological polar surface area (TPSA) is 77.6 Å². The third-order valence-electron chi connectivity index (χ3n) is 5.13. The van der Waals surface area contributed by atoms with Crippen LogP contribution in [0.25, 0.3) is 16.7 Å². The van der Waals surface area contributed by atoms with Crippen LogP contribution < -0.4 is 5.32 Å². The minimum Gasteiger partial charge on any atom is -0.290 e. The van der Waals surface area contributed by atoms with Gasteiger partial charge in [-0.3, -0.25) is 14.7 Å². The zero-order chi connectivity index (χ0) is 20.0. The zero-order valence-electron chi connectivity index (χ0n) is 15.2. The third-order valence-corrected chi connectivity index (χ3v) is 5.13. The normalized spacial score (nSPS) is 14.1. The van der Waals surface area contributed by atoms with E-state index >= 15 is 0 Å². The van der Waals surface area contributed by atoms with Gasteiger partial charge in [0, 0.05) is 6.07 Å². The third kappa shape index (κ3) is 3.04. The summed E-state index contributed by atoms with van der Waals surface area (Å²) in [5, 5.41) is 10.6. The number of imidazole rings is 1. The molecule has 1 amide bonds. The summed E-state index contributed by atoms with van der Waals surface area (Å²) in [6.07, 6.45) is 4.78. The van der Waals surface area contributed by atoms with E-state index in [9.17, 15) is 13.6 Å². The first-order valence-corrected chi connectivity index (χ1v) is 9.26. The first-order chi connectivity index (χ1) is 14.1. The Kier molecular flexibility index (Phi) is 4.08. The monoisotopic (exact) mass is 394 g/mol. The second kappa shape index (κ2) is 6.77. The summed E-state index contributed by atoms with van der Waals surface area (Å²) in [6, 6.07) is 10.6. The molecule has 0 saturated heterocycles. The Hall–Kier alpha value is -3.62. The maximum absolute atomic E-state index is 14.5. The van der Waals surface area contributed by atoms with Gasteiger partial charge >= 0.3 is 0 Å². The van der Waals surface area contributed by atoms with Crippen molar-refractivity contribution in [2.24, 2.45) is 0 Å². The summed E-state index contributed by atoms with van der Waals surface area (Å²) < 4.78 is 31.0. The zero-order valence-corrected chi connectivity index (χ0v) is 15.2. The molecule has 2 heterocycles. The van der Waals surface area contributed by atoms with Crippen LogP contribution in [0.5, 0.6) is 0 Å². The van der Waals surface area contributed by atoms with Crippen molar-refractivity contribution < 1.29 is 13.6 Å². The van der Waals surface area contributed by atoms with Gasteiger partial charge in [0.05, 0.1) is 29.0 Å². The van der Waals surface area contributed by atoms with Crippen molar-refractivity contribution in [2.45, 2.75) is 25.3 Å². The van der Waals surface area contributed by atoms with Gasteiger partial charge in [-0.15, -0.1) is 5.10 Å². The molecule has 0 unspecified atom stereocenters. The number of benzene rings is 2. The van der Waals surface area contributed by atoms with Crippen LogP contribution in [0.2, 0.25) is 0 Å². The SMILES string of the molecule is O=C(Nc1nc2ccccc2n1-c1ccc(F)cc1F)c1cn(C2CCC2)nn1. The van der Waals surface area contributed by atoms with Crippen molar-refractivity contribution in [2.75, 3.05) is 5.32 Å². The summed E-state index contributed by atoms with van der Waals surface area (Å²) in [5.41, 5.74) is 1.36. The van der Waals surface area contributed by atoms with Crippen molar-refractivity contribution in [3.8, 4) is 5.69 Å². The van der Waals surface area contributed by atoms with Crippen molar-refractivity contribution in [1.29, 1.82) is 0 Å². The molecular formula is C20H16F2N6O. The minimum atomic E-state index is -0.764. The Morgan fingerprint density at radius 3 is 2.72 bits per heavy atom. The highest BCUT2D eigenvalue weighted by molar-refractivity contribution is 6.02. The molecule has 4 aromatic rings. The number of nitrogens with one attached hydrogen (secondary N) is 1. The molecule has 29 heavy (non-hydrogen) atoms. The summed E-state index contributed by atoms with van der Waals surface area (Å²) in [5.74, 6) is -1.84. The summed E-state index contributed by atoms with van der Waals surface area (Å²) in [7, 11) is 0. The second-order valence-electron chi connectivity index (χ2n) is 6.98. The number of para-hydroxylation sites is 2. The molecule has 0 spiro atoms. The van der Waals surface area contributed by atoms with Crippen LogP contribution in [0.4, 0.5) is 14.7 Å². The number of aromatic nitrogens is 5. The Bertz CT molecular complexity index is 1230. The maximum Gasteiger partial charge on any atom is 0.280 e. The molecule has 9 heteroatoms. The van der Waals surface area contributed by atoms with Gasteiger partial charge in [-0.1, -0.05) is 17.3 Å². The van der Waals surface area contributed by atoms with Crippen molar-refractivity contribution >= 4 is 22.9 Å². The van der Waals surface area contributed by atoms with Gasteiger partial charge in [0.25, 0.3) is 5.91 Å². The predicted molar refractivity (Wildman–Crippen MR) is 102 cm³/mol. The lowest BCUT2D eigenvalue weighted by Gasteiger charge is -2.24. The largest absolute Gasteiger partial charge is 0.290 e. The van der Waals surface area contributed by atoms with E-state index in [1.807, 2.05) is 0 Å². The van der Waals surface area contributed by atoms with E-state index < -0.39 is 17.5 Å². The standard InChI is InChI=1S/C20H16F2N6O/c21-12-8-9-17(14(22)10-12)28-18-7-2-1-6-15(18)23-20(28)24-19(29)16-11-27(26-25-16)13-4-3-5-13/h1-2,6-11,13H,3-5H2,(H,23,24,29). The van der Waals surface area contributed by atoms with Crippen LogP contribution in [0.1, 0.15) is 35.8 Å². The number of nitrogens with zero attached hydrogens (tertiary/aromatic N) is 5. The number of fused-ring (bicyclic) bond motifs is 1. The molecule has 0 radical (unpaired) electrons.